The summed E-state index contributed by atoms with van der Waals surface area (Å²) in [6.07, 6.45) is 0. The lowest BCUT2D eigenvalue weighted by molar-refractivity contribution is 0.671. The van der Waals surface area contributed by atoms with Crippen LogP contribution in [0.4, 0.5) is 0 Å². The van der Waals surface area contributed by atoms with Crippen molar-refractivity contribution >= 4 is 43.7 Å². The summed E-state index contributed by atoms with van der Waals surface area (Å²) < 4.78 is 188. The highest BCUT2D eigenvalue weighted by Crippen LogP contribution is 2.41. The molecule has 8 aromatic carbocycles. The zero-order valence-corrected chi connectivity index (χ0v) is 29.5. The minimum atomic E-state index is -0.879. The second-order valence-corrected chi connectivity index (χ2v) is 12.9. The largest absolute Gasteiger partial charge is 0.455 e. The lowest BCUT2D eigenvalue weighted by atomic mass is 9.99. The number of fused-ring (bicyclic) bond motifs is 6. The lowest BCUT2D eigenvalue weighted by Gasteiger charge is -2.10. The van der Waals surface area contributed by atoms with Crippen molar-refractivity contribution in [3.8, 4) is 62.1 Å². The molecule has 3 heterocycles. The van der Waals surface area contributed by atoms with E-state index >= 15 is 0 Å². The van der Waals surface area contributed by atoms with Crippen molar-refractivity contribution < 1.29 is 31.8 Å². The number of nitrogens with zero attached hydrogens (tertiary/aromatic N) is 4. The third kappa shape index (κ3) is 5.59. The first-order chi connectivity index (χ1) is 36.5. The maximum absolute atomic E-state index is 9.90. The second-order valence-electron chi connectivity index (χ2n) is 12.9. The third-order valence-electron chi connectivity index (χ3n) is 9.43. The summed E-state index contributed by atoms with van der Waals surface area (Å²) in [5.41, 5.74) is -1.12. The average molecular weight is 751 g/mol. The summed E-state index contributed by atoms with van der Waals surface area (Å²) in [7, 11) is 0. The Balaban J connectivity index is 1.26. The van der Waals surface area contributed by atoms with Gasteiger partial charge >= 0.3 is 0 Å². The van der Waals surface area contributed by atoms with Crippen LogP contribution < -0.4 is 0 Å². The second kappa shape index (κ2) is 13.3. The SMILES string of the molecule is [2H]c1c([2H])c([2H])c(-c2nc(-c3c([2H])c([2H])c([2H])c(-c4cccc5c4oc4c(-c6ccccc6)cccc45)c3[2H])nc(-c3c([2H])c([2H])c4c(c3[2H])c3c([2H])c(C)c([2H])c([2H])c3n4-c3c([2H])c([2H])c([2H])c([2H])c3[2H])n2)c([2H])c1[2H]. The minimum Gasteiger partial charge on any atom is -0.455 e. The Morgan fingerprint density at radius 3 is 1.70 bits per heavy atom. The lowest BCUT2D eigenvalue weighted by Crippen LogP contribution is -2.00. The fraction of sp³-hybridized carbons (Fsp3) is 0.0192. The van der Waals surface area contributed by atoms with E-state index in [1.807, 2.05) is 48.5 Å². The first kappa shape index (κ1) is 18.3. The van der Waals surface area contributed by atoms with E-state index in [9.17, 15) is 9.60 Å². The van der Waals surface area contributed by atoms with Crippen molar-refractivity contribution in [3.05, 3.63) is 193 Å². The molecule has 0 atom stereocenters. The van der Waals surface area contributed by atoms with Gasteiger partial charge in [-0.05, 0) is 66.4 Å². The highest BCUT2D eigenvalue weighted by molar-refractivity contribution is 6.13. The number of rotatable bonds is 6. The van der Waals surface area contributed by atoms with E-state index < -0.39 is 172 Å². The normalized spacial score (nSPS) is 16.5. The zero-order chi connectivity index (χ0) is 55.3. The van der Waals surface area contributed by atoms with E-state index in [4.69, 9.17) is 22.2 Å². The molecule has 0 unspecified atom stereocenters. The van der Waals surface area contributed by atoms with Crippen molar-refractivity contribution in [3.63, 3.8) is 0 Å². The monoisotopic (exact) mass is 750 g/mol. The molecule has 11 aromatic rings. The van der Waals surface area contributed by atoms with Crippen LogP contribution in [0.1, 0.15) is 33.0 Å². The quantitative estimate of drug-likeness (QED) is 0.170. The number of benzene rings is 8. The number of aromatic nitrogens is 4. The standard InChI is InChI=1S/C52H34N4O/c1-33-26-28-46-44(30-33)45-32-38(27-29-47(45)56(46)39-20-9-4-10-21-39)52-54-50(35-16-7-3-8-17-35)53-51(55-52)37-19-11-18-36(31-37)41-23-13-25-43-42-24-12-22-40(48(42)57-49(41)43)34-14-5-2-6-15-34/h2-32H,1H3/i3D,4D,7D,8D,9D,10D,11D,16D,17D,18D,19D,20D,21D,26D,27D,28D,29D,30D,31D,32D. The van der Waals surface area contributed by atoms with Crippen LogP contribution >= 0.6 is 0 Å². The van der Waals surface area contributed by atoms with Gasteiger partial charge in [-0.3, -0.25) is 0 Å². The van der Waals surface area contributed by atoms with Crippen molar-refractivity contribution in [2.24, 2.45) is 0 Å². The van der Waals surface area contributed by atoms with Gasteiger partial charge < -0.3 is 8.98 Å². The van der Waals surface area contributed by atoms with Crippen LogP contribution in [0.2, 0.25) is 0 Å². The zero-order valence-electron chi connectivity index (χ0n) is 49.5. The van der Waals surface area contributed by atoms with Gasteiger partial charge in [0.1, 0.15) is 11.2 Å². The molecule has 57 heavy (non-hydrogen) atoms. The predicted octanol–water partition coefficient (Wildman–Crippen LogP) is 13.5. The molecule has 5 nitrogen and oxygen atoms in total. The topological polar surface area (TPSA) is 56.7 Å². The van der Waals surface area contributed by atoms with E-state index in [-0.39, 0.29) is 33.0 Å². The van der Waals surface area contributed by atoms with Crippen LogP contribution in [-0.2, 0) is 0 Å². The molecule has 0 aliphatic rings. The number of hydrogen-bond acceptors (Lipinski definition) is 4. The number of furan rings is 1. The molecule has 0 spiro atoms. The molecule has 0 aliphatic heterocycles. The van der Waals surface area contributed by atoms with Gasteiger partial charge in [0.05, 0.1) is 38.4 Å². The molecule has 5 heteroatoms. The van der Waals surface area contributed by atoms with Gasteiger partial charge in [-0.1, -0.05) is 145 Å². The molecule has 0 saturated heterocycles. The van der Waals surface area contributed by atoms with Crippen LogP contribution in [0, 0.1) is 6.92 Å². The van der Waals surface area contributed by atoms with Crippen LogP contribution in [0.5, 0.6) is 0 Å². The van der Waals surface area contributed by atoms with Crippen molar-refractivity contribution in [2.45, 2.75) is 6.92 Å². The van der Waals surface area contributed by atoms with Crippen LogP contribution in [-0.4, -0.2) is 19.5 Å². The predicted molar refractivity (Wildman–Crippen MR) is 233 cm³/mol. The van der Waals surface area contributed by atoms with Crippen LogP contribution in [0.15, 0.2) is 192 Å². The van der Waals surface area contributed by atoms with Crippen molar-refractivity contribution in [1.29, 1.82) is 0 Å². The Labute approximate surface area is 357 Å². The van der Waals surface area contributed by atoms with Gasteiger partial charge in [0, 0.05) is 55.0 Å². The van der Waals surface area contributed by atoms with Crippen LogP contribution in [0.3, 0.4) is 0 Å². The molecule has 0 amide bonds. The van der Waals surface area contributed by atoms with E-state index in [1.54, 1.807) is 18.2 Å². The van der Waals surface area contributed by atoms with Crippen LogP contribution in [0.25, 0.3) is 106 Å². The fourth-order valence-electron chi connectivity index (χ4n) is 6.92. The summed E-state index contributed by atoms with van der Waals surface area (Å²) in [5, 5.41) is 0.603. The maximum atomic E-state index is 9.90. The summed E-state index contributed by atoms with van der Waals surface area (Å²) in [6.45, 7) is 1.36. The van der Waals surface area contributed by atoms with Gasteiger partial charge in [-0.2, -0.15) is 0 Å². The fourth-order valence-corrected chi connectivity index (χ4v) is 6.92. The molecule has 0 aliphatic carbocycles. The third-order valence-corrected chi connectivity index (χ3v) is 9.43. The highest BCUT2D eigenvalue weighted by Gasteiger charge is 2.19. The first-order valence-electron chi connectivity index (χ1n) is 27.6. The summed E-state index contributed by atoms with van der Waals surface area (Å²) in [4.78, 5) is 13.5. The Hall–Kier alpha value is -7.63. The Bertz CT molecular complexity index is 4420. The maximum Gasteiger partial charge on any atom is 0.164 e. The Morgan fingerprint density at radius 1 is 0.439 bits per heavy atom. The molecule has 0 N–H and O–H groups in total. The molecular weight excluding hydrogens is 697 g/mol. The Morgan fingerprint density at radius 2 is 1.00 bits per heavy atom. The molecule has 3 aromatic heterocycles. The molecule has 11 rings (SSSR count). The first-order valence-corrected chi connectivity index (χ1v) is 17.6. The van der Waals surface area contributed by atoms with Crippen molar-refractivity contribution in [2.75, 3.05) is 0 Å². The summed E-state index contributed by atoms with van der Waals surface area (Å²) in [6, 6.07) is 5.34. The molecule has 0 radical (unpaired) electrons. The van der Waals surface area contributed by atoms with Gasteiger partial charge in [0.25, 0.3) is 0 Å². The van der Waals surface area contributed by atoms with Gasteiger partial charge in [-0.25, -0.2) is 15.0 Å². The smallest absolute Gasteiger partial charge is 0.164 e. The van der Waals surface area contributed by atoms with E-state index in [0.717, 1.165) is 15.7 Å². The molecule has 0 bridgehead atoms. The molecular formula is C52H34N4O. The van der Waals surface area contributed by atoms with E-state index in [1.165, 1.54) is 6.92 Å². The number of hydrogen-bond donors (Lipinski definition) is 0. The number of para-hydroxylation sites is 3. The van der Waals surface area contributed by atoms with E-state index in [0.29, 0.717) is 16.4 Å². The minimum absolute atomic E-state index is 0.0725. The average Bonchev–Trinajstić information content (AvgIpc) is 4.23. The van der Waals surface area contributed by atoms with Gasteiger partial charge in [0.15, 0.2) is 17.5 Å². The molecule has 268 valence electrons. The van der Waals surface area contributed by atoms with E-state index in [2.05, 4.69) is 15.0 Å². The highest BCUT2D eigenvalue weighted by atomic mass is 16.3. The van der Waals surface area contributed by atoms with Gasteiger partial charge in [-0.15, -0.1) is 0 Å². The van der Waals surface area contributed by atoms with Crippen molar-refractivity contribution in [1.82, 2.24) is 19.5 Å². The summed E-state index contributed by atoms with van der Waals surface area (Å²) in [5.74, 6) is -2.08. The molecule has 0 fully saturated rings. The molecule has 0 saturated carbocycles. The summed E-state index contributed by atoms with van der Waals surface area (Å²) >= 11 is 0. The Kier molecular flexibility index (Phi) is 4.28. The van der Waals surface area contributed by atoms with Gasteiger partial charge in [0.2, 0.25) is 0 Å².